The number of carbonyl (C=O) groups excluding carboxylic acids is 3. The number of benzene rings is 2. The second-order valence-electron chi connectivity index (χ2n) is 5.93. The van der Waals surface area contributed by atoms with Gasteiger partial charge in [0.2, 0.25) is 5.91 Å². The summed E-state index contributed by atoms with van der Waals surface area (Å²) >= 11 is 0. The van der Waals surface area contributed by atoms with Gasteiger partial charge in [-0.05, 0) is 43.3 Å². The zero-order chi connectivity index (χ0) is 20.7. The Morgan fingerprint density at radius 2 is 1.57 bits per heavy atom. The fraction of sp³-hybridized carbons (Fsp3) is 0.250. The van der Waals surface area contributed by atoms with Crippen LogP contribution in [-0.4, -0.2) is 33.8 Å². The van der Waals surface area contributed by atoms with E-state index in [1.807, 2.05) is 0 Å². The molecule has 0 spiro atoms. The van der Waals surface area contributed by atoms with E-state index in [0.29, 0.717) is 22.0 Å². The first kappa shape index (κ1) is 21.3. The average Bonchev–Trinajstić information content (AvgIpc) is 2.68. The maximum Gasteiger partial charge on any atom is 0.340 e. The van der Waals surface area contributed by atoms with Crippen LogP contribution in [0.1, 0.15) is 31.1 Å². The van der Waals surface area contributed by atoms with Gasteiger partial charge >= 0.3 is 5.97 Å². The number of rotatable bonds is 7. The van der Waals surface area contributed by atoms with Crippen molar-refractivity contribution in [3.8, 4) is 0 Å². The molecule has 0 aliphatic rings. The second-order valence-corrected chi connectivity index (χ2v) is 7.63. The largest absolute Gasteiger partial charge is 0.449 e. The van der Waals surface area contributed by atoms with E-state index in [-0.39, 0.29) is 11.5 Å². The monoisotopic (exact) mass is 402 g/mol. The highest BCUT2D eigenvalue weighted by molar-refractivity contribution is 7.85. The van der Waals surface area contributed by atoms with Crippen LogP contribution in [0.2, 0.25) is 0 Å². The number of carbonyl (C=O) groups is 3. The molecule has 0 heterocycles. The minimum Gasteiger partial charge on any atom is -0.449 e. The van der Waals surface area contributed by atoms with Crippen LogP contribution in [0.4, 0.5) is 11.4 Å². The number of anilines is 2. The maximum atomic E-state index is 12.4. The lowest BCUT2D eigenvalue weighted by molar-refractivity contribution is -0.123. The van der Waals surface area contributed by atoms with E-state index in [2.05, 4.69) is 10.6 Å². The molecule has 2 amide bonds. The highest BCUT2D eigenvalue weighted by Gasteiger charge is 2.22. The van der Waals surface area contributed by atoms with Crippen molar-refractivity contribution in [2.45, 2.75) is 31.8 Å². The predicted octanol–water partition coefficient (Wildman–Crippen LogP) is 2.96. The van der Waals surface area contributed by atoms with E-state index in [9.17, 15) is 18.6 Å². The number of amides is 2. The van der Waals surface area contributed by atoms with Gasteiger partial charge < -0.3 is 15.4 Å². The third kappa shape index (κ3) is 5.75. The van der Waals surface area contributed by atoms with Crippen molar-refractivity contribution in [3.05, 3.63) is 54.1 Å². The Morgan fingerprint density at radius 1 is 1.00 bits per heavy atom. The van der Waals surface area contributed by atoms with Gasteiger partial charge in [0.1, 0.15) is 0 Å². The van der Waals surface area contributed by atoms with Gasteiger partial charge in [-0.3, -0.25) is 13.8 Å². The molecule has 2 rings (SSSR count). The molecule has 0 saturated carbocycles. The van der Waals surface area contributed by atoms with Crippen LogP contribution in [-0.2, 0) is 25.1 Å². The van der Waals surface area contributed by atoms with Crippen molar-refractivity contribution in [1.82, 2.24) is 0 Å². The lowest BCUT2D eigenvalue weighted by Gasteiger charge is -2.15. The minimum atomic E-state index is -1.32. The van der Waals surface area contributed by atoms with Crippen LogP contribution in [0.5, 0.6) is 0 Å². The van der Waals surface area contributed by atoms with Gasteiger partial charge in [-0.1, -0.05) is 19.1 Å². The SMILES string of the molecule is CC[S@@](=O)c1ccccc1C(=O)O[C@@H](C)C(=O)Nc1ccc(NC(C)=O)cc1. The van der Waals surface area contributed by atoms with Crippen LogP contribution >= 0.6 is 0 Å². The Hall–Kier alpha value is -3.00. The van der Waals surface area contributed by atoms with Gasteiger partial charge in [0.15, 0.2) is 6.10 Å². The number of ether oxygens (including phenoxy) is 1. The standard InChI is InChI=1S/C20H22N2O5S/c1-4-28(26)18-8-6-5-7-17(18)20(25)27-13(2)19(24)22-16-11-9-15(10-12-16)21-14(3)23/h5-13H,4H2,1-3H3,(H,21,23)(H,22,24)/t13-,28+/m0/s1. The van der Waals surface area contributed by atoms with Crippen molar-refractivity contribution < 1.29 is 23.3 Å². The van der Waals surface area contributed by atoms with Gasteiger partial charge in [0, 0.05) is 24.1 Å². The van der Waals surface area contributed by atoms with Crippen molar-refractivity contribution in [2.24, 2.45) is 0 Å². The molecule has 0 bridgehead atoms. The summed E-state index contributed by atoms with van der Waals surface area (Å²) in [6.45, 7) is 4.61. The first-order valence-corrected chi connectivity index (χ1v) is 10.0. The van der Waals surface area contributed by atoms with Gasteiger partial charge in [0.25, 0.3) is 5.91 Å². The van der Waals surface area contributed by atoms with Crippen LogP contribution in [0, 0.1) is 0 Å². The van der Waals surface area contributed by atoms with E-state index in [0.717, 1.165) is 0 Å². The number of hydrogen-bond acceptors (Lipinski definition) is 5. The van der Waals surface area contributed by atoms with Gasteiger partial charge in [-0.15, -0.1) is 0 Å². The van der Waals surface area contributed by atoms with Crippen molar-refractivity contribution >= 4 is 40.0 Å². The van der Waals surface area contributed by atoms with Crippen LogP contribution in [0.25, 0.3) is 0 Å². The van der Waals surface area contributed by atoms with Crippen molar-refractivity contribution in [2.75, 3.05) is 16.4 Å². The first-order chi connectivity index (χ1) is 13.3. The van der Waals surface area contributed by atoms with Gasteiger partial charge in [0.05, 0.1) is 21.3 Å². The molecule has 2 atom stereocenters. The molecule has 0 aliphatic heterocycles. The van der Waals surface area contributed by atoms with E-state index in [1.165, 1.54) is 19.9 Å². The number of hydrogen-bond donors (Lipinski definition) is 2. The first-order valence-electron chi connectivity index (χ1n) is 8.68. The molecule has 0 aliphatic carbocycles. The summed E-state index contributed by atoms with van der Waals surface area (Å²) in [4.78, 5) is 36.1. The zero-order valence-electron chi connectivity index (χ0n) is 15.9. The third-order valence-electron chi connectivity index (χ3n) is 3.74. The molecule has 0 fully saturated rings. The topological polar surface area (TPSA) is 102 Å². The van der Waals surface area contributed by atoms with Crippen molar-refractivity contribution in [3.63, 3.8) is 0 Å². The Morgan fingerprint density at radius 3 is 2.14 bits per heavy atom. The van der Waals surface area contributed by atoms with Gasteiger partial charge in [-0.25, -0.2) is 4.79 Å². The second kappa shape index (κ2) is 9.80. The normalized spacial score (nSPS) is 12.5. The van der Waals surface area contributed by atoms with E-state index in [1.54, 1.807) is 49.4 Å². The molecule has 148 valence electrons. The minimum absolute atomic E-state index is 0.182. The summed E-state index contributed by atoms with van der Waals surface area (Å²) in [7, 11) is -1.32. The maximum absolute atomic E-state index is 12.4. The molecule has 2 aromatic carbocycles. The molecule has 0 aromatic heterocycles. The average molecular weight is 402 g/mol. The number of esters is 1. The summed E-state index contributed by atoms with van der Waals surface area (Å²) in [6.07, 6.45) is -1.05. The summed E-state index contributed by atoms with van der Waals surface area (Å²) in [6, 6.07) is 13.0. The molecule has 28 heavy (non-hydrogen) atoms. The summed E-state index contributed by atoms with van der Waals surface area (Å²) in [5.74, 6) is -1.04. The summed E-state index contributed by atoms with van der Waals surface area (Å²) in [5, 5.41) is 5.26. The smallest absolute Gasteiger partial charge is 0.340 e. The third-order valence-corrected chi connectivity index (χ3v) is 5.11. The molecule has 0 radical (unpaired) electrons. The Labute approximate surface area is 165 Å². The van der Waals surface area contributed by atoms with Crippen LogP contribution in [0.15, 0.2) is 53.4 Å². The lowest BCUT2D eigenvalue weighted by atomic mass is 10.2. The zero-order valence-corrected chi connectivity index (χ0v) is 16.7. The highest BCUT2D eigenvalue weighted by atomic mass is 32.2. The van der Waals surface area contributed by atoms with E-state index >= 15 is 0 Å². The molecule has 0 saturated heterocycles. The lowest BCUT2D eigenvalue weighted by Crippen LogP contribution is -2.30. The molecule has 2 N–H and O–H groups in total. The number of nitrogens with one attached hydrogen (secondary N) is 2. The summed E-state index contributed by atoms with van der Waals surface area (Å²) in [5.41, 5.74) is 1.28. The summed E-state index contributed by atoms with van der Waals surface area (Å²) < 4.78 is 17.3. The Bertz CT molecular complexity index is 896. The van der Waals surface area contributed by atoms with Crippen LogP contribution in [0.3, 0.4) is 0 Å². The predicted molar refractivity (Wildman–Crippen MR) is 108 cm³/mol. The van der Waals surface area contributed by atoms with Crippen LogP contribution < -0.4 is 10.6 Å². The molecular formula is C20H22N2O5S. The van der Waals surface area contributed by atoms with E-state index in [4.69, 9.17) is 4.74 Å². The fourth-order valence-electron chi connectivity index (χ4n) is 2.35. The van der Waals surface area contributed by atoms with E-state index < -0.39 is 28.8 Å². The Balaban J connectivity index is 2.01. The molecule has 0 unspecified atom stereocenters. The quantitative estimate of drug-likeness (QED) is 0.694. The van der Waals surface area contributed by atoms with Crippen molar-refractivity contribution in [1.29, 1.82) is 0 Å². The highest BCUT2D eigenvalue weighted by Crippen LogP contribution is 2.17. The Kier molecular flexibility index (Phi) is 7.45. The fourth-order valence-corrected chi connectivity index (χ4v) is 3.29. The molecule has 8 heteroatoms. The molecular weight excluding hydrogens is 380 g/mol. The molecule has 2 aromatic rings. The molecule has 7 nitrogen and oxygen atoms in total. The van der Waals surface area contributed by atoms with Gasteiger partial charge in [-0.2, -0.15) is 0 Å².